The number of carbonyl (C=O) groups excluding carboxylic acids is 2. The molecule has 0 saturated carbocycles. The Balaban J connectivity index is 1.78. The zero-order valence-electron chi connectivity index (χ0n) is 16.1. The summed E-state index contributed by atoms with van der Waals surface area (Å²) in [6.45, 7) is 6.01. The number of hydrogen-bond donors (Lipinski definition) is 2. The number of hydrogen-bond acceptors (Lipinski definition) is 4. The fourth-order valence-electron chi connectivity index (χ4n) is 2.72. The van der Waals surface area contributed by atoms with Crippen LogP contribution in [-0.4, -0.2) is 38.6 Å². The Bertz CT molecular complexity index is 738. The average molecular weight is 369 g/mol. The Morgan fingerprint density at radius 2 is 1.56 bits per heavy atom. The van der Waals surface area contributed by atoms with Crippen molar-refractivity contribution in [2.75, 3.05) is 37.0 Å². The third-order valence-electron chi connectivity index (χ3n) is 4.25. The molecule has 27 heavy (non-hydrogen) atoms. The molecule has 0 fully saturated rings. The molecule has 2 aromatic rings. The number of carbonyl (C=O) groups is 2. The highest BCUT2D eigenvalue weighted by atomic mass is 16.5. The van der Waals surface area contributed by atoms with E-state index in [-0.39, 0.29) is 24.8 Å². The first-order chi connectivity index (χ1) is 13.0. The van der Waals surface area contributed by atoms with Gasteiger partial charge >= 0.3 is 0 Å². The van der Waals surface area contributed by atoms with Gasteiger partial charge in [0.2, 0.25) is 11.8 Å². The Morgan fingerprint density at radius 1 is 0.926 bits per heavy atom. The number of nitrogens with zero attached hydrogens (tertiary/aromatic N) is 1. The molecule has 0 aliphatic rings. The summed E-state index contributed by atoms with van der Waals surface area (Å²) in [5, 5.41) is 5.43. The summed E-state index contributed by atoms with van der Waals surface area (Å²) in [6, 6.07) is 14.9. The number of methoxy groups -OCH3 is 1. The molecule has 0 aliphatic heterocycles. The maximum atomic E-state index is 12.0. The van der Waals surface area contributed by atoms with Crippen molar-refractivity contribution < 1.29 is 14.3 Å². The van der Waals surface area contributed by atoms with Gasteiger partial charge in [-0.2, -0.15) is 0 Å². The van der Waals surface area contributed by atoms with E-state index in [0.29, 0.717) is 5.69 Å². The molecule has 0 radical (unpaired) electrons. The molecule has 2 N–H and O–H groups in total. The zero-order chi connectivity index (χ0) is 19.6. The smallest absolute Gasteiger partial charge is 0.243 e. The van der Waals surface area contributed by atoms with Crippen LogP contribution in [0.5, 0.6) is 5.75 Å². The van der Waals surface area contributed by atoms with Gasteiger partial charge in [-0.05, 0) is 55.8 Å². The number of amides is 2. The van der Waals surface area contributed by atoms with Crippen LogP contribution >= 0.6 is 0 Å². The summed E-state index contributed by atoms with van der Waals surface area (Å²) in [6.07, 6.45) is 0.218. The lowest BCUT2D eigenvalue weighted by Crippen LogP contribution is -2.33. The summed E-state index contributed by atoms with van der Waals surface area (Å²) in [5.74, 6) is 0.284. The predicted molar refractivity (Wildman–Crippen MR) is 108 cm³/mol. The quantitative estimate of drug-likeness (QED) is 0.713. The van der Waals surface area contributed by atoms with Crippen molar-refractivity contribution >= 4 is 23.2 Å². The fourth-order valence-corrected chi connectivity index (χ4v) is 2.72. The summed E-state index contributed by atoms with van der Waals surface area (Å²) in [4.78, 5) is 26.2. The molecule has 2 rings (SSSR count). The predicted octanol–water partition coefficient (Wildman–Crippen LogP) is 2.84. The normalized spacial score (nSPS) is 10.2. The fraction of sp³-hybridized carbons (Fsp3) is 0.333. The van der Waals surface area contributed by atoms with Crippen molar-refractivity contribution in [1.29, 1.82) is 0 Å². The zero-order valence-corrected chi connectivity index (χ0v) is 16.1. The largest absolute Gasteiger partial charge is 0.497 e. The Morgan fingerprint density at radius 3 is 2.11 bits per heavy atom. The number of anilines is 2. The van der Waals surface area contributed by atoms with Gasteiger partial charge in [-0.25, -0.2) is 0 Å². The molecule has 6 heteroatoms. The molecule has 0 unspecified atom stereocenters. The van der Waals surface area contributed by atoms with Gasteiger partial charge in [0.25, 0.3) is 0 Å². The van der Waals surface area contributed by atoms with Crippen LogP contribution in [0, 0.1) is 0 Å². The molecule has 0 spiro atoms. The lowest BCUT2D eigenvalue weighted by molar-refractivity contribution is -0.123. The highest BCUT2D eigenvalue weighted by Gasteiger charge is 2.08. The Kier molecular flexibility index (Phi) is 7.67. The molecule has 0 heterocycles. The number of nitrogens with one attached hydrogen (secondary N) is 2. The van der Waals surface area contributed by atoms with Crippen LogP contribution in [0.2, 0.25) is 0 Å². The van der Waals surface area contributed by atoms with Crippen molar-refractivity contribution in [3.63, 3.8) is 0 Å². The lowest BCUT2D eigenvalue weighted by atomic mass is 10.1. The van der Waals surface area contributed by atoms with Crippen LogP contribution in [0.3, 0.4) is 0 Å². The minimum absolute atomic E-state index is 0.0627. The monoisotopic (exact) mass is 369 g/mol. The van der Waals surface area contributed by atoms with E-state index in [1.165, 1.54) is 0 Å². The van der Waals surface area contributed by atoms with Gasteiger partial charge in [-0.1, -0.05) is 12.1 Å². The number of ether oxygens (including phenoxy) is 1. The molecule has 0 bridgehead atoms. The van der Waals surface area contributed by atoms with Crippen LogP contribution in [0.15, 0.2) is 48.5 Å². The second kappa shape index (κ2) is 10.2. The van der Waals surface area contributed by atoms with Gasteiger partial charge in [0.1, 0.15) is 5.75 Å². The van der Waals surface area contributed by atoms with Crippen LogP contribution in [0.4, 0.5) is 11.4 Å². The van der Waals surface area contributed by atoms with E-state index in [4.69, 9.17) is 4.74 Å². The Labute approximate surface area is 160 Å². The first-order valence-corrected chi connectivity index (χ1v) is 9.10. The minimum Gasteiger partial charge on any atom is -0.497 e. The molecule has 0 atom stereocenters. The van der Waals surface area contributed by atoms with Crippen LogP contribution < -0.4 is 20.3 Å². The summed E-state index contributed by atoms with van der Waals surface area (Å²) < 4.78 is 5.09. The maximum Gasteiger partial charge on any atom is 0.243 e. The van der Waals surface area contributed by atoms with Crippen molar-refractivity contribution in [3.8, 4) is 5.75 Å². The van der Waals surface area contributed by atoms with Crippen LogP contribution in [-0.2, 0) is 16.0 Å². The van der Waals surface area contributed by atoms with E-state index < -0.39 is 0 Å². The lowest BCUT2D eigenvalue weighted by Gasteiger charge is -2.21. The number of benzene rings is 2. The molecular weight excluding hydrogens is 342 g/mol. The summed E-state index contributed by atoms with van der Waals surface area (Å²) in [7, 11) is 1.59. The first-order valence-electron chi connectivity index (χ1n) is 9.10. The first kappa shape index (κ1) is 20.3. The molecule has 2 aromatic carbocycles. The van der Waals surface area contributed by atoms with Crippen molar-refractivity contribution in [2.24, 2.45) is 0 Å². The van der Waals surface area contributed by atoms with E-state index in [2.05, 4.69) is 29.4 Å². The van der Waals surface area contributed by atoms with E-state index in [9.17, 15) is 9.59 Å². The average Bonchev–Trinajstić information content (AvgIpc) is 2.69. The van der Waals surface area contributed by atoms with Crippen molar-refractivity contribution in [3.05, 3.63) is 54.1 Å². The molecule has 0 aliphatic carbocycles. The van der Waals surface area contributed by atoms with E-state index in [0.717, 1.165) is 30.1 Å². The SMILES string of the molecule is CCN(CC)c1ccc(NC(=O)CNC(=O)Cc2ccc(OC)cc2)cc1. The van der Waals surface area contributed by atoms with Gasteiger partial charge in [0.05, 0.1) is 20.1 Å². The van der Waals surface area contributed by atoms with Crippen molar-refractivity contribution in [2.45, 2.75) is 20.3 Å². The second-order valence-corrected chi connectivity index (χ2v) is 6.07. The third kappa shape index (κ3) is 6.33. The third-order valence-corrected chi connectivity index (χ3v) is 4.25. The molecule has 0 saturated heterocycles. The van der Waals surface area contributed by atoms with Gasteiger partial charge < -0.3 is 20.3 Å². The molecule has 6 nitrogen and oxygen atoms in total. The van der Waals surface area contributed by atoms with E-state index >= 15 is 0 Å². The summed E-state index contributed by atoms with van der Waals surface area (Å²) >= 11 is 0. The van der Waals surface area contributed by atoms with E-state index in [1.54, 1.807) is 19.2 Å². The molecular formula is C21H27N3O3. The topological polar surface area (TPSA) is 70.7 Å². The Hall–Kier alpha value is -3.02. The molecule has 144 valence electrons. The standard InChI is InChI=1S/C21H27N3O3/c1-4-24(5-2)18-10-8-17(9-11-18)23-21(26)15-22-20(25)14-16-6-12-19(27-3)13-7-16/h6-13H,4-5,14-15H2,1-3H3,(H,22,25)(H,23,26). The van der Waals surface area contributed by atoms with E-state index in [1.807, 2.05) is 36.4 Å². The molecule has 0 aromatic heterocycles. The van der Waals surface area contributed by atoms with Crippen LogP contribution in [0.25, 0.3) is 0 Å². The van der Waals surface area contributed by atoms with Gasteiger partial charge in [-0.3, -0.25) is 9.59 Å². The second-order valence-electron chi connectivity index (χ2n) is 6.07. The van der Waals surface area contributed by atoms with Crippen LogP contribution in [0.1, 0.15) is 19.4 Å². The van der Waals surface area contributed by atoms with Gasteiger partial charge in [0.15, 0.2) is 0 Å². The summed E-state index contributed by atoms with van der Waals surface area (Å²) in [5.41, 5.74) is 2.69. The minimum atomic E-state index is -0.256. The highest BCUT2D eigenvalue weighted by Crippen LogP contribution is 2.17. The van der Waals surface area contributed by atoms with Gasteiger partial charge in [-0.15, -0.1) is 0 Å². The van der Waals surface area contributed by atoms with Crippen molar-refractivity contribution in [1.82, 2.24) is 5.32 Å². The highest BCUT2D eigenvalue weighted by molar-refractivity contribution is 5.94. The molecule has 2 amide bonds. The maximum absolute atomic E-state index is 12.0. The van der Waals surface area contributed by atoms with Gasteiger partial charge in [0, 0.05) is 24.5 Å². The number of rotatable bonds is 9.